The van der Waals surface area contributed by atoms with Crippen molar-refractivity contribution in [2.45, 2.75) is 32.7 Å². The predicted molar refractivity (Wildman–Crippen MR) is 71.5 cm³/mol. The van der Waals surface area contributed by atoms with Gasteiger partial charge < -0.3 is 4.90 Å². The second-order valence-electron chi connectivity index (χ2n) is 4.36. The smallest absolute Gasteiger partial charge is 0.128 e. The van der Waals surface area contributed by atoms with Crippen LogP contribution in [-0.2, 0) is 5.88 Å². The first kappa shape index (κ1) is 13.6. The number of aromatic nitrogens is 1. The average Bonchev–Trinajstić information content (AvgIpc) is 2.27. The van der Waals surface area contributed by atoms with E-state index in [2.05, 4.69) is 30.7 Å². The molecule has 0 saturated carbocycles. The van der Waals surface area contributed by atoms with Crippen LogP contribution in [0.1, 0.15) is 26.3 Å². The first-order valence-electron chi connectivity index (χ1n) is 5.40. The summed E-state index contributed by atoms with van der Waals surface area (Å²) in [5.74, 6) is 1.90. The zero-order chi connectivity index (χ0) is 12.3. The summed E-state index contributed by atoms with van der Waals surface area (Å²) in [5, 5.41) is 0.629. The summed E-state index contributed by atoms with van der Waals surface area (Å²) in [7, 11) is 2.04. The fraction of sp³-hybridized carbons (Fsp3) is 0.583. The fourth-order valence-electron chi connectivity index (χ4n) is 1.42. The van der Waals surface area contributed by atoms with Gasteiger partial charge in [0, 0.05) is 25.2 Å². The van der Waals surface area contributed by atoms with Gasteiger partial charge in [0.1, 0.15) is 5.82 Å². The largest absolute Gasteiger partial charge is 0.357 e. The maximum Gasteiger partial charge on any atom is 0.128 e. The second kappa shape index (κ2) is 5.74. The van der Waals surface area contributed by atoms with Crippen LogP contribution in [0.2, 0.25) is 5.02 Å². The number of anilines is 1. The number of nitrogens with zero attached hydrogens (tertiary/aromatic N) is 2. The van der Waals surface area contributed by atoms with Gasteiger partial charge in [0.25, 0.3) is 0 Å². The van der Waals surface area contributed by atoms with E-state index >= 15 is 0 Å². The highest BCUT2D eigenvalue weighted by Crippen LogP contribution is 2.23. The topological polar surface area (TPSA) is 16.1 Å². The maximum absolute atomic E-state index is 5.98. The number of hydrogen-bond donors (Lipinski definition) is 0. The Balaban J connectivity index is 2.96. The van der Waals surface area contributed by atoms with E-state index in [-0.39, 0.29) is 0 Å². The summed E-state index contributed by atoms with van der Waals surface area (Å²) in [6.07, 6.45) is 1.66. The highest BCUT2D eigenvalue weighted by Gasteiger charge is 2.15. The van der Waals surface area contributed by atoms with Crippen molar-refractivity contribution in [2.75, 3.05) is 11.9 Å². The summed E-state index contributed by atoms with van der Waals surface area (Å²) in [6.45, 7) is 6.57. The van der Waals surface area contributed by atoms with Crippen molar-refractivity contribution < 1.29 is 0 Å². The number of rotatable bonds is 4. The van der Waals surface area contributed by atoms with Crippen molar-refractivity contribution in [3.8, 4) is 0 Å². The van der Waals surface area contributed by atoms with Crippen LogP contribution in [0.25, 0.3) is 0 Å². The highest BCUT2D eigenvalue weighted by atomic mass is 35.5. The van der Waals surface area contributed by atoms with E-state index < -0.39 is 0 Å². The molecule has 0 aliphatic rings. The Labute approximate surface area is 108 Å². The van der Waals surface area contributed by atoms with Crippen molar-refractivity contribution in [1.29, 1.82) is 0 Å². The predicted octanol–water partition coefficient (Wildman–Crippen LogP) is 3.95. The highest BCUT2D eigenvalue weighted by molar-refractivity contribution is 6.32. The molecular formula is C12H18Cl2N2. The standard InChI is InChI=1S/C12H18Cl2N2/c1-8(2)9(3)16(4)12-5-10(6-13)11(14)7-15-12/h5,7-9H,6H2,1-4H3. The van der Waals surface area contributed by atoms with Crippen LogP contribution in [-0.4, -0.2) is 18.1 Å². The zero-order valence-electron chi connectivity index (χ0n) is 10.2. The van der Waals surface area contributed by atoms with Crippen LogP contribution in [0, 0.1) is 5.92 Å². The molecule has 0 fully saturated rings. The first-order chi connectivity index (χ1) is 7.47. The Kier molecular flexibility index (Phi) is 4.88. The van der Waals surface area contributed by atoms with Gasteiger partial charge in [0.2, 0.25) is 0 Å². The summed E-state index contributed by atoms with van der Waals surface area (Å²) >= 11 is 11.8. The molecule has 0 bridgehead atoms. The van der Waals surface area contributed by atoms with Gasteiger partial charge >= 0.3 is 0 Å². The normalized spacial score (nSPS) is 12.9. The molecule has 1 atom stereocenters. The van der Waals surface area contributed by atoms with Crippen LogP contribution in [0.4, 0.5) is 5.82 Å². The van der Waals surface area contributed by atoms with Gasteiger partial charge in [0.15, 0.2) is 0 Å². The third-order valence-electron chi connectivity index (χ3n) is 3.00. The van der Waals surface area contributed by atoms with Gasteiger partial charge in [-0.2, -0.15) is 0 Å². The molecule has 0 radical (unpaired) electrons. The molecule has 1 heterocycles. The summed E-state index contributed by atoms with van der Waals surface area (Å²) < 4.78 is 0. The van der Waals surface area contributed by atoms with Gasteiger partial charge in [-0.1, -0.05) is 25.4 Å². The molecular weight excluding hydrogens is 243 g/mol. The van der Waals surface area contributed by atoms with Gasteiger partial charge in [-0.3, -0.25) is 0 Å². The maximum atomic E-state index is 5.98. The molecule has 0 aromatic carbocycles. The lowest BCUT2D eigenvalue weighted by Crippen LogP contribution is -2.33. The minimum absolute atomic E-state index is 0.415. The van der Waals surface area contributed by atoms with Crippen LogP contribution in [0.3, 0.4) is 0 Å². The van der Waals surface area contributed by atoms with Crippen molar-refractivity contribution in [3.05, 3.63) is 22.8 Å². The second-order valence-corrected chi connectivity index (χ2v) is 5.04. The molecule has 1 aromatic heterocycles. The Morgan fingerprint density at radius 3 is 2.50 bits per heavy atom. The van der Waals surface area contributed by atoms with Crippen molar-refractivity contribution in [2.24, 2.45) is 5.92 Å². The Bertz CT molecular complexity index is 353. The summed E-state index contributed by atoms with van der Waals surface area (Å²) in [6, 6.07) is 2.38. The minimum Gasteiger partial charge on any atom is -0.357 e. The molecule has 0 amide bonds. The quantitative estimate of drug-likeness (QED) is 0.763. The van der Waals surface area contributed by atoms with Gasteiger partial charge in [0.05, 0.1) is 5.02 Å². The molecule has 1 rings (SSSR count). The SMILES string of the molecule is CC(C)C(C)N(C)c1cc(CCl)c(Cl)cn1. The molecule has 1 unspecified atom stereocenters. The number of pyridine rings is 1. The van der Waals surface area contributed by atoms with Crippen LogP contribution < -0.4 is 4.90 Å². The van der Waals surface area contributed by atoms with Crippen LogP contribution >= 0.6 is 23.2 Å². The van der Waals surface area contributed by atoms with E-state index in [9.17, 15) is 0 Å². The average molecular weight is 261 g/mol. The minimum atomic E-state index is 0.415. The summed E-state index contributed by atoms with van der Waals surface area (Å²) in [4.78, 5) is 6.48. The molecule has 0 aliphatic heterocycles. The molecule has 90 valence electrons. The van der Waals surface area contributed by atoms with E-state index in [4.69, 9.17) is 23.2 Å². The van der Waals surface area contributed by atoms with Crippen molar-refractivity contribution >= 4 is 29.0 Å². The lowest BCUT2D eigenvalue weighted by atomic mass is 10.1. The Morgan fingerprint density at radius 1 is 1.38 bits per heavy atom. The monoisotopic (exact) mass is 260 g/mol. The van der Waals surface area contributed by atoms with Crippen molar-refractivity contribution in [3.63, 3.8) is 0 Å². The third-order valence-corrected chi connectivity index (χ3v) is 3.63. The number of halogens is 2. The Morgan fingerprint density at radius 2 is 2.00 bits per heavy atom. The lowest BCUT2D eigenvalue weighted by molar-refractivity contribution is 0.502. The van der Waals surface area contributed by atoms with Gasteiger partial charge in [-0.15, -0.1) is 11.6 Å². The van der Waals surface area contributed by atoms with E-state index in [0.29, 0.717) is 22.9 Å². The van der Waals surface area contributed by atoms with E-state index in [1.165, 1.54) is 0 Å². The molecule has 0 N–H and O–H groups in total. The first-order valence-corrected chi connectivity index (χ1v) is 6.31. The molecule has 1 aromatic rings. The fourth-order valence-corrected chi connectivity index (χ4v) is 1.88. The number of alkyl halides is 1. The van der Waals surface area contributed by atoms with E-state index in [1.54, 1.807) is 6.20 Å². The van der Waals surface area contributed by atoms with Crippen LogP contribution in [0.15, 0.2) is 12.3 Å². The number of hydrogen-bond acceptors (Lipinski definition) is 2. The third kappa shape index (κ3) is 3.02. The van der Waals surface area contributed by atoms with Crippen LogP contribution in [0.5, 0.6) is 0 Å². The van der Waals surface area contributed by atoms with Gasteiger partial charge in [-0.05, 0) is 24.5 Å². The molecule has 0 saturated heterocycles. The molecule has 4 heteroatoms. The van der Waals surface area contributed by atoms with E-state index in [1.807, 2.05) is 13.1 Å². The van der Waals surface area contributed by atoms with Crippen molar-refractivity contribution in [1.82, 2.24) is 4.98 Å². The summed E-state index contributed by atoms with van der Waals surface area (Å²) in [5.41, 5.74) is 0.927. The van der Waals surface area contributed by atoms with Gasteiger partial charge in [-0.25, -0.2) is 4.98 Å². The molecule has 2 nitrogen and oxygen atoms in total. The zero-order valence-corrected chi connectivity index (χ0v) is 11.7. The lowest BCUT2D eigenvalue weighted by Gasteiger charge is -2.29. The molecule has 0 spiro atoms. The molecule has 16 heavy (non-hydrogen) atoms. The molecule has 0 aliphatic carbocycles. The van der Waals surface area contributed by atoms with E-state index in [0.717, 1.165) is 11.4 Å². The Hall–Kier alpha value is -0.470.